The summed E-state index contributed by atoms with van der Waals surface area (Å²) in [6, 6.07) is 14.0. The van der Waals surface area contributed by atoms with Gasteiger partial charge in [0.25, 0.3) is 0 Å². The lowest BCUT2D eigenvalue weighted by atomic mass is 9.90. The number of fused-ring (bicyclic) bond motifs is 2. The number of sulfonamides is 1. The van der Waals surface area contributed by atoms with E-state index in [0.717, 1.165) is 12.0 Å². The Morgan fingerprint density at radius 3 is 2.75 bits per heavy atom. The van der Waals surface area contributed by atoms with Gasteiger partial charge in [-0.15, -0.1) is 0 Å². The minimum Gasteiger partial charge on any atom is -0.497 e. The van der Waals surface area contributed by atoms with Gasteiger partial charge in [-0.25, -0.2) is 8.42 Å². The molecule has 3 aliphatic rings. The molecule has 2 saturated heterocycles. The number of nitrogens with zero attached hydrogens (tertiary/aromatic N) is 1. The lowest BCUT2D eigenvalue weighted by Crippen LogP contribution is -2.43. The fourth-order valence-electron chi connectivity index (χ4n) is 5.73. The van der Waals surface area contributed by atoms with Crippen LogP contribution in [0, 0.1) is 11.8 Å². The first-order valence-electron chi connectivity index (χ1n) is 15.0. The molecule has 0 aliphatic carbocycles. The molecule has 5 atom stereocenters. The summed E-state index contributed by atoms with van der Waals surface area (Å²) in [5.41, 5.74) is 0.909. The zero-order chi connectivity index (χ0) is 30.9. The van der Waals surface area contributed by atoms with Gasteiger partial charge >= 0.3 is 5.97 Å². The van der Waals surface area contributed by atoms with Crippen LogP contribution in [0.2, 0.25) is 0 Å². The van der Waals surface area contributed by atoms with Crippen LogP contribution >= 0.6 is 0 Å². The van der Waals surface area contributed by atoms with Gasteiger partial charge in [-0.05, 0) is 37.0 Å². The first-order valence-corrected chi connectivity index (χ1v) is 16.5. The Morgan fingerprint density at radius 2 is 1.93 bits per heavy atom. The molecule has 5 rings (SSSR count). The highest BCUT2D eigenvalue weighted by Crippen LogP contribution is 2.34. The molecule has 12 heteroatoms. The van der Waals surface area contributed by atoms with Crippen LogP contribution in [0.4, 0.5) is 0 Å². The summed E-state index contributed by atoms with van der Waals surface area (Å²) in [4.78, 5) is 13.2. The van der Waals surface area contributed by atoms with E-state index in [4.69, 9.17) is 28.4 Å². The van der Waals surface area contributed by atoms with Crippen molar-refractivity contribution in [1.29, 1.82) is 0 Å². The van der Waals surface area contributed by atoms with E-state index in [-0.39, 0.29) is 62.2 Å². The van der Waals surface area contributed by atoms with E-state index in [2.05, 4.69) is 0 Å². The number of ether oxygens (including phenoxy) is 6. The van der Waals surface area contributed by atoms with Crippen molar-refractivity contribution < 1.29 is 46.7 Å². The summed E-state index contributed by atoms with van der Waals surface area (Å²) < 4.78 is 63.2. The number of aliphatic hydroxyl groups excluding tert-OH is 1. The lowest BCUT2D eigenvalue weighted by molar-refractivity contribution is -0.153. The second-order valence-corrected chi connectivity index (χ2v) is 13.0. The van der Waals surface area contributed by atoms with E-state index < -0.39 is 34.1 Å². The van der Waals surface area contributed by atoms with Gasteiger partial charge in [-0.2, -0.15) is 4.31 Å². The van der Waals surface area contributed by atoms with Crippen molar-refractivity contribution in [3.8, 4) is 11.5 Å². The number of hydrogen-bond acceptors (Lipinski definition) is 10. The van der Waals surface area contributed by atoms with Crippen molar-refractivity contribution in [3.05, 3.63) is 66.2 Å². The van der Waals surface area contributed by atoms with Crippen molar-refractivity contribution in [2.24, 2.45) is 11.8 Å². The summed E-state index contributed by atoms with van der Waals surface area (Å²) in [5.74, 6) is -0.491. The van der Waals surface area contributed by atoms with Crippen LogP contribution < -0.4 is 9.47 Å². The van der Waals surface area contributed by atoms with Crippen molar-refractivity contribution in [2.45, 2.75) is 49.1 Å². The summed E-state index contributed by atoms with van der Waals surface area (Å²) in [7, 11) is -2.66. The molecule has 0 unspecified atom stereocenters. The highest BCUT2D eigenvalue weighted by Gasteiger charge is 2.44. The number of hydrogen-bond donors (Lipinski definition) is 1. The predicted molar refractivity (Wildman–Crippen MR) is 160 cm³/mol. The van der Waals surface area contributed by atoms with Gasteiger partial charge in [0.05, 0.1) is 58.6 Å². The highest BCUT2D eigenvalue weighted by molar-refractivity contribution is 7.89. The molecule has 11 nitrogen and oxygen atoms in total. The van der Waals surface area contributed by atoms with Gasteiger partial charge in [0, 0.05) is 25.1 Å². The second-order valence-electron chi connectivity index (χ2n) is 11.1. The minimum absolute atomic E-state index is 0.0102. The third kappa shape index (κ3) is 8.17. The van der Waals surface area contributed by atoms with E-state index in [0.29, 0.717) is 31.8 Å². The smallest absolute Gasteiger partial charge is 0.306 e. The molecule has 0 radical (unpaired) electrons. The van der Waals surface area contributed by atoms with Crippen molar-refractivity contribution >= 4 is 16.0 Å². The first-order chi connectivity index (χ1) is 21.3. The van der Waals surface area contributed by atoms with Crippen LogP contribution in [0.3, 0.4) is 0 Å². The topological polar surface area (TPSA) is 130 Å². The van der Waals surface area contributed by atoms with Gasteiger partial charge in [0.2, 0.25) is 10.0 Å². The first kappa shape index (κ1) is 32.4. The highest BCUT2D eigenvalue weighted by atomic mass is 32.2. The molecule has 240 valence electrons. The van der Waals surface area contributed by atoms with Crippen molar-refractivity contribution in [3.63, 3.8) is 0 Å². The van der Waals surface area contributed by atoms with E-state index in [1.54, 1.807) is 12.1 Å². The average molecular weight is 632 g/mol. The molecule has 2 aromatic rings. The Balaban J connectivity index is 1.37. The molecular formula is C32H41NO10S. The zero-order valence-electron chi connectivity index (χ0n) is 24.9. The second kappa shape index (κ2) is 15.3. The van der Waals surface area contributed by atoms with Gasteiger partial charge in [0.15, 0.2) is 6.29 Å². The standard InChI is InChI=1S/C32H41NO10S/c1-38-25-10-11-30-28(20-25)40-15-7-3-6-14-39-17-13-33(44(30,36)37)21-27(34)24(18-23-8-4-2-5-9-23)19-31(35)43-29-22-42-32-26(29)12-16-41-32/h2-6,8-11,20,24,26-27,29,32,34H,7,12-19,21-22H2,1H3/t24-,26+,27-,29+,32-/m1/s1. The van der Waals surface area contributed by atoms with Crippen LogP contribution in [0.1, 0.15) is 24.8 Å². The predicted octanol–water partition coefficient (Wildman–Crippen LogP) is 2.96. The maximum absolute atomic E-state index is 14.1. The quantitative estimate of drug-likeness (QED) is 0.326. The molecule has 0 spiro atoms. The van der Waals surface area contributed by atoms with Crippen LogP contribution in [0.5, 0.6) is 11.5 Å². The molecule has 2 fully saturated rings. The van der Waals surface area contributed by atoms with Crippen LogP contribution in [0.15, 0.2) is 65.6 Å². The van der Waals surface area contributed by atoms with Gasteiger partial charge in [-0.1, -0.05) is 42.5 Å². The molecule has 0 aromatic heterocycles. The van der Waals surface area contributed by atoms with Crippen molar-refractivity contribution in [1.82, 2.24) is 4.31 Å². The molecule has 0 bridgehead atoms. The number of β-amino-alcohol motifs (C(OH)–C–C–N with tert-alkyl or cyclic N) is 1. The third-order valence-electron chi connectivity index (χ3n) is 8.15. The van der Waals surface area contributed by atoms with Gasteiger partial charge in [0.1, 0.15) is 22.5 Å². The monoisotopic (exact) mass is 631 g/mol. The molecule has 3 heterocycles. The summed E-state index contributed by atoms with van der Waals surface area (Å²) in [5, 5.41) is 11.6. The van der Waals surface area contributed by atoms with E-state index in [1.807, 2.05) is 42.5 Å². The zero-order valence-corrected chi connectivity index (χ0v) is 25.7. The molecular weight excluding hydrogens is 590 g/mol. The number of esters is 1. The number of aliphatic hydroxyl groups is 1. The van der Waals surface area contributed by atoms with E-state index >= 15 is 0 Å². The normalized spacial score (nSPS) is 25.3. The lowest BCUT2D eigenvalue weighted by Gasteiger charge is -2.29. The maximum atomic E-state index is 14.1. The van der Waals surface area contributed by atoms with E-state index in [1.165, 1.54) is 17.5 Å². The minimum atomic E-state index is -4.16. The molecule has 0 amide bonds. The van der Waals surface area contributed by atoms with Crippen molar-refractivity contribution in [2.75, 3.05) is 53.2 Å². The average Bonchev–Trinajstić information content (AvgIpc) is 3.64. The Bertz CT molecular complexity index is 1370. The molecule has 0 saturated carbocycles. The summed E-state index contributed by atoms with van der Waals surface area (Å²) in [6.07, 6.45) is 3.38. The Labute approximate surface area is 258 Å². The largest absolute Gasteiger partial charge is 0.497 e. The van der Waals surface area contributed by atoms with Crippen LogP contribution in [-0.4, -0.2) is 95.5 Å². The number of carbonyl (C=O) groups excluding carboxylic acids is 1. The number of carbonyl (C=O) groups is 1. The Kier molecular flexibility index (Phi) is 11.3. The van der Waals surface area contributed by atoms with E-state index in [9.17, 15) is 18.3 Å². The number of rotatable bonds is 9. The maximum Gasteiger partial charge on any atom is 0.306 e. The number of benzene rings is 2. The molecule has 2 aromatic carbocycles. The fourth-order valence-corrected chi connectivity index (χ4v) is 7.28. The van der Waals surface area contributed by atoms with Crippen LogP contribution in [0.25, 0.3) is 0 Å². The molecule has 3 aliphatic heterocycles. The SMILES string of the molecule is COc1ccc2c(c1)OCCC=CCOCCN(C[C@@H](O)[C@@H](CC(=O)O[C@H]1CO[C@H]3OCC[C@H]31)Cc1ccccc1)S2(=O)=O. The fraction of sp³-hybridized carbons (Fsp3) is 0.531. The van der Waals surface area contributed by atoms with Gasteiger partial charge in [-0.3, -0.25) is 4.79 Å². The Hall–Kier alpha value is -3.00. The molecule has 44 heavy (non-hydrogen) atoms. The van der Waals surface area contributed by atoms with Gasteiger partial charge < -0.3 is 33.5 Å². The summed E-state index contributed by atoms with van der Waals surface area (Å²) in [6.45, 7) is 1.24. The number of methoxy groups -OCH3 is 1. The van der Waals surface area contributed by atoms with Crippen LogP contribution in [-0.2, 0) is 40.2 Å². The summed E-state index contributed by atoms with van der Waals surface area (Å²) >= 11 is 0. The molecule has 1 N–H and O–H groups in total. The third-order valence-corrected chi connectivity index (χ3v) is 10.1. The Morgan fingerprint density at radius 1 is 1.09 bits per heavy atom.